The molecule has 24 heavy (non-hydrogen) atoms. The molecule has 9 heteroatoms. The molecular formula is C15H20O9. The van der Waals surface area contributed by atoms with Crippen LogP contribution >= 0.6 is 0 Å². The third-order valence-corrected chi connectivity index (χ3v) is 3.67. The minimum absolute atomic E-state index is 0.0509. The van der Waals surface area contributed by atoms with E-state index in [-0.39, 0.29) is 29.2 Å². The van der Waals surface area contributed by atoms with E-state index in [1.165, 1.54) is 26.4 Å². The van der Waals surface area contributed by atoms with Crippen LogP contribution in [0.2, 0.25) is 0 Å². The number of methoxy groups -OCH3 is 2. The van der Waals surface area contributed by atoms with Gasteiger partial charge in [0.15, 0.2) is 11.5 Å². The maximum Gasteiger partial charge on any atom is 0.335 e. The third-order valence-electron chi connectivity index (χ3n) is 3.67. The van der Waals surface area contributed by atoms with E-state index in [9.17, 15) is 20.1 Å². The van der Waals surface area contributed by atoms with Crippen molar-refractivity contribution in [3.05, 3.63) is 17.7 Å². The van der Waals surface area contributed by atoms with Crippen molar-refractivity contribution in [1.29, 1.82) is 0 Å². The summed E-state index contributed by atoms with van der Waals surface area (Å²) in [6, 6.07) is 2.52. The number of aromatic carboxylic acids is 1. The minimum Gasteiger partial charge on any atom is -0.493 e. The number of carbonyl (C=O) groups is 1. The van der Waals surface area contributed by atoms with Crippen molar-refractivity contribution in [1.82, 2.24) is 0 Å². The van der Waals surface area contributed by atoms with Crippen molar-refractivity contribution in [2.24, 2.45) is 0 Å². The average Bonchev–Trinajstić information content (AvgIpc) is 2.57. The van der Waals surface area contributed by atoms with Gasteiger partial charge in [0.2, 0.25) is 12.0 Å². The van der Waals surface area contributed by atoms with Gasteiger partial charge in [-0.15, -0.1) is 0 Å². The highest BCUT2D eigenvalue weighted by Crippen LogP contribution is 2.40. The number of aliphatic hydroxyl groups excluding tert-OH is 3. The summed E-state index contributed by atoms with van der Waals surface area (Å²) < 4.78 is 21.3. The second-order valence-corrected chi connectivity index (χ2v) is 5.21. The summed E-state index contributed by atoms with van der Waals surface area (Å²) in [5.41, 5.74) is -0.0516. The third kappa shape index (κ3) is 3.70. The highest BCUT2D eigenvalue weighted by atomic mass is 16.7. The Kier molecular flexibility index (Phi) is 5.84. The van der Waals surface area contributed by atoms with Gasteiger partial charge in [-0.25, -0.2) is 4.79 Å². The molecule has 0 radical (unpaired) electrons. The maximum atomic E-state index is 11.1. The predicted octanol–water partition coefficient (Wildman–Crippen LogP) is -0.390. The van der Waals surface area contributed by atoms with Crippen molar-refractivity contribution in [2.45, 2.75) is 31.0 Å². The van der Waals surface area contributed by atoms with Crippen LogP contribution in [0.5, 0.6) is 17.2 Å². The Morgan fingerprint density at radius 2 is 1.83 bits per heavy atom. The van der Waals surface area contributed by atoms with Gasteiger partial charge < -0.3 is 39.4 Å². The molecule has 0 unspecified atom stereocenters. The summed E-state index contributed by atoms with van der Waals surface area (Å²) in [4.78, 5) is 11.1. The van der Waals surface area contributed by atoms with Crippen LogP contribution < -0.4 is 14.2 Å². The van der Waals surface area contributed by atoms with E-state index in [0.29, 0.717) is 0 Å². The first-order chi connectivity index (χ1) is 11.4. The maximum absolute atomic E-state index is 11.1. The Balaban J connectivity index is 2.30. The van der Waals surface area contributed by atoms with Gasteiger partial charge in [0.1, 0.15) is 12.2 Å². The van der Waals surface area contributed by atoms with Crippen LogP contribution in [0, 0.1) is 0 Å². The number of hydrogen-bond acceptors (Lipinski definition) is 8. The normalized spacial score (nSPS) is 26.7. The summed E-state index contributed by atoms with van der Waals surface area (Å²) in [6.45, 7) is -0.496. The van der Waals surface area contributed by atoms with Crippen LogP contribution in [0.3, 0.4) is 0 Å². The molecule has 0 amide bonds. The standard InChI is InChI=1S/C15H20O9/c1-21-9-3-7(15(19)20)4-10(22-2)14(9)24-12-5-8(17)13(18)11(6-16)23-12/h3-4,8,11-13,16-18H,5-6H2,1-2H3,(H,19,20)/t8-,11-,12+,13+/m1/s1. The van der Waals surface area contributed by atoms with Gasteiger partial charge in [-0.1, -0.05) is 0 Å². The second kappa shape index (κ2) is 7.67. The fraction of sp³-hybridized carbons (Fsp3) is 0.533. The fourth-order valence-corrected chi connectivity index (χ4v) is 2.39. The van der Waals surface area contributed by atoms with Crippen LogP contribution in [0.15, 0.2) is 12.1 Å². The van der Waals surface area contributed by atoms with Crippen LogP contribution in [-0.2, 0) is 4.74 Å². The molecule has 1 aromatic rings. The lowest BCUT2D eigenvalue weighted by Gasteiger charge is -2.36. The molecule has 0 aromatic heterocycles. The Hall–Kier alpha value is -2.07. The molecule has 134 valence electrons. The van der Waals surface area contributed by atoms with Gasteiger partial charge in [0.25, 0.3) is 0 Å². The molecule has 0 aliphatic carbocycles. The zero-order chi connectivity index (χ0) is 17.9. The van der Waals surface area contributed by atoms with Gasteiger partial charge in [-0.3, -0.25) is 0 Å². The molecule has 1 aliphatic heterocycles. The molecule has 1 aliphatic rings. The molecule has 0 spiro atoms. The Morgan fingerprint density at radius 1 is 1.25 bits per heavy atom. The van der Waals surface area contributed by atoms with Gasteiger partial charge in [0, 0.05) is 6.42 Å². The van der Waals surface area contributed by atoms with Crippen molar-refractivity contribution in [2.75, 3.05) is 20.8 Å². The first-order valence-corrected chi connectivity index (χ1v) is 7.19. The summed E-state index contributed by atoms with van der Waals surface area (Å²) in [5, 5.41) is 37.8. The summed E-state index contributed by atoms with van der Waals surface area (Å²) in [5.74, 6) is -0.853. The molecule has 1 saturated heterocycles. The van der Waals surface area contributed by atoms with E-state index in [1.807, 2.05) is 0 Å². The SMILES string of the molecule is COc1cc(C(=O)O)cc(OC)c1O[C@H]1C[C@@H](O)[C@H](O)[C@@H](CO)O1. The summed E-state index contributed by atoms with van der Waals surface area (Å²) >= 11 is 0. The first-order valence-electron chi connectivity index (χ1n) is 7.19. The lowest BCUT2D eigenvalue weighted by molar-refractivity contribution is -0.230. The van der Waals surface area contributed by atoms with Gasteiger partial charge in [0.05, 0.1) is 32.5 Å². The lowest BCUT2D eigenvalue weighted by Crippen LogP contribution is -2.51. The second-order valence-electron chi connectivity index (χ2n) is 5.21. The van der Waals surface area contributed by atoms with Crippen molar-refractivity contribution in [3.8, 4) is 17.2 Å². The van der Waals surface area contributed by atoms with Crippen molar-refractivity contribution in [3.63, 3.8) is 0 Å². The van der Waals surface area contributed by atoms with Crippen LogP contribution in [-0.4, -0.2) is 71.8 Å². The number of aliphatic hydroxyl groups is 3. The highest BCUT2D eigenvalue weighted by molar-refractivity contribution is 5.89. The smallest absolute Gasteiger partial charge is 0.335 e. The fourth-order valence-electron chi connectivity index (χ4n) is 2.39. The molecular weight excluding hydrogens is 324 g/mol. The van der Waals surface area contributed by atoms with Gasteiger partial charge in [-0.2, -0.15) is 0 Å². The van der Waals surface area contributed by atoms with Crippen molar-refractivity contribution < 1.29 is 44.2 Å². The molecule has 0 saturated carbocycles. The zero-order valence-corrected chi connectivity index (χ0v) is 13.2. The van der Waals surface area contributed by atoms with Crippen molar-refractivity contribution >= 4 is 5.97 Å². The predicted molar refractivity (Wildman–Crippen MR) is 79.5 cm³/mol. The number of carboxylic acid groups (broad SMARTS) is 1. The van der Waals surface area contributed by atoms with E-state index < -0.39 is 37.2 Å². The molecule has 9 nitrogen and oxygen atoms in total. The van der Waals surface area contributed by atoms with Gasteiger partial charge in [-0.05, 0) is 12.1 Å². The number of carboxylic acids is 1. The Morgan fingerprint density at radius 3 is 2.29 bits per heavy atom. The largest absolute Gasteiger partial charge is 0.493 e. The molecule has 1 fully saturated rings. The Bertz CT molecular complexity index is 563. The monoisotopic (exact) mass is 344 g/mol. The molecule has 2 rings (SSSR count). The quantitative estimate of drug-likeness (QED) is 0.544. The number of hydrogen-bond donors (Lipinski definition) is 4. The molecule has 0 bridgehead atoms. The van der Waals surface area contributed by atoms with E-state index in [2.05, 4.69) is 0 Å². The van der Waals surface area contributed by atoms with Crippen LogP contribution in [0.4, 0.5) is 0 Å². The summed E-state index contributed by atoms with van der Waals surface area (Å²) in [6.07, 6.45) is -4.41. The number of ether oxygens (including phenoxy) is 4. The molecule has 4 atom stereocenters. The van der Waals surface area contributed by atoms with E-state index in [1.54, 1.807) is 0 Å². The van der Waals surface area contributed by atoms with Gasteiger partial charge >= 0.3 is 5.97 Å². The Labute approximate surface area is 138 Å². The summed E-state index contributed by atoms with van der Waals surface area (Å²) in [7, 11) is 2.67. The number of benzene rings is 1. The van der Waals surface area contributed by atoms with Crippen LogP contribution in [0.25, 0.3) is 0 Å². The number of rotatable bonds is 6. The van der Waals surface area contributed by atoms with Crippen LogP contribution in [0.1, 0.15) is 16.8 Å². The topological polar surface area (TPSA) is 135 Å². The van der Waals surface area contributed by atoms with E-state index >= 15 is 0 Å². The average molecular weight is 344 g/mol. The molecule has 4 N–H and O–H groups in total. The minimum atomic E-state index is -1.23. The highest BCUT2D eigenvalue weighted by Gasteiger charge is 2.38. The van der Waals surface area contributed by atoms with E-state index in [0.717, 1.165) is 0 Å². The molecule has 1 aromatic carbocycles. The zero-order valence-electron chi connectivity index (χ0n) is 13.2. The first kappa shape index (κ1) is 18.3. The van der Waals surface area contributed by atoms with E-state index in [4.69, 9.17) is 24.1 Å². The molecule has 1 heterocycles. The lowest BCUT2D eigenvalue weighted by atomic mass is 10.0.